The fraction of sp³-hybridized carbons (Fsp3) is 0.923. The first-order valence-corrected chi connectivity index (χ1v) is 7.18. The average molecular weight is 228 g/mol. The van der Waals surface area contributed by atoms with Gasteiger partial charge >= 0.3 is 0 Å². The maximum atomic E-state index is 12.0. The molecule has 1 fully saturated rings. The Morgan fingerprint density at radius 2 is 1.73 bits per heavy atom. The fourth-order valence-corrected chi connectivity index (χ4v) is 3.31. The van der Waals surface area contributed by atoms with Gasteiger partial charge in [-0.2, -0.15) is 11.8 Å². The molecule has 15 heavy (non-hydrogen) atoms. The zero-order valence-electron chi connectivity index (χ0n) is 10.5. The molecular weight excluding hydrogens is 204 g/mol. The molecule has 0 spiro atoms. The minimum atomic E-state index is 0.356. The Kier molecular flexibility index (Phi) is 5.17. The number of ketones is 1. The van der Waals surface area contributed by atoms with Crippen LogP contribution < -0.4 is 0 Å². The number of carbonyl (C=O) groups is 1. The maximum absolute atomic E-state index is 12.0. The van der Waals surface area contributed by atoms with Crippen molar-refractivity contribution in [1.82, 2.24) is 0 Å². The first-order valence-electron chi connectivity index (χ1n) is 6.13. The number of Topliss-reactive ketones (excluding diaryl/α,β-unsaturated/α-hetero) is 1. The Balaban J connectivity index is 2.38. The van der Waals surface area contributed by atoms with Gasteiger partial charge in [0, 0.05) is 5.92 Å². The van der Waals surface area contributed by atoms with Crippen molar-refractivity contribution in [2.45, 2.75) is 52.2 Å². The summed E-state index contributed by atoms with van der Waals surface area (Å²) in [5, 5.41) is 0.576. The number of rotatable bonds is 4. The molecule has 0 radical (unpaired) electrons. The lowest BCUT2D eigenvalue weighted by Gasteiger charge is -2.30. The second kappa shape index (κ2) is 5.93. The van der Waals surface area contributed by atoms with Crippen LogP contribution in [0.5, 0.6) is 0 Å². The quantitative estimate of drug-likeness (QED) is 0.728. The van der Waals surface area contributed by atoms with Gasteiger partial charge in [-0.15, -0.1) is 0 Å². The lowest BCUT2D eigenvalue weighted by Crippen LogP contribution is -2.27. The van der Waals surface area contributed by atoms with E-state index >= 15 is 0 Å². The van der Waals surface area contributed by atoms with Gasteiger partial charge in [0.25, 0.3) is 0 Å². The molecule has 1 rings (SSSR count). The van der Waals surface area contributed by atoms with Gasteiger partial charge < -0.3 is 0 Å². The zero-order chi connectivity index (χ0) is 11.4. The van der Waals surface area contributed by atoms with Crippen LogP contribution in [0.4, 0.5) is 0 Å². The highest BCUT2D eigenvalue weighted by molar-refractivity contribution is 8.00. The molecule has 0 aliphatic heterocycles. The summed E-state index contributed by atoms with van der Waals surface area (Å²) in [7, 11) is 0. The summed E-state index contributed by atoms with van der Waals surface area (Å²) in [5.41, 5.74) is 0. The monoisotopic (exact) mass is 228 g/mol. The van der Waals surface area contributed by atoms with Crippen molar-refractivity contribution >= 4 is 17.5 Å². The molecule has 88 valence electrons. The second-order valence-corrected chi connectivity index (χ2v) is 7.01. The van der Waals surface area contributed by atoms with E-state index in [0.29, 0.717) is 17.0 Å². The Morgan fingerprint density at radius 3 is 2.20 bits per heavy atom. The van der Waals surface area contributed by atoms with E-state index in [1.54, 1.807) is 11.8 Å². The predicted octanol–water partition coefficient (Wildman–Crippen LogP) is 3.77. The molecule has 2 unspecified atom stereocenters. The van der Waals surface area contributed by atoms with Gasteiger partial charge in [-0.1, -0.05) is 27.7 Å². The van der Waals surface area contributed by atoms with Crippen molar-refractivity contribution in [3.05, 3.63) is 0 Å². The van der Waals surface area contributed by atoms with Gasteiger partial charge in [-0.25, -0.2) is 0 Å². The van der Waals surface area contributed by atoms with Gasteiger partial charge in [0.2, 0.25) is 0 Å². The van der Waals surface area contributed by atoms with Crippen LogP contribution >= 0.6 is 11.8 Å². The van der Waals surface area contributed by atoms with Gasteiger partial charge in [0.15, 0.2) is 0 Å². The summed E-state index contributed by atoms with van der Waals surface area (Å²) in [6.45, 7) is 8.88. The van der Waals surface area contributed by atoms with E-state index in [4.69, 9.17) is 0 Å². The zero-order valence-corrected chi connectivity index (χ0v) is 11.3. The van der Waals surface area contributed by atoms with E-state index in [1.165, 1.54) is 6.42 Å². The molecule has 1 saturated carbocycles. The van der Waals surface area contributed by atoms with Crippen LogP contribution in [0.15, 0.2) is 0 Å². The maximum Gasteiger partial charge on any atom is 0.145 e. The van der Waals surface area contributed by atoms with Gasteiger partial charge in [0.1, 0.15) is 5.78 Å². The molecular formula is C13H24OS. The Labute approximate surface area is 98.4 Å². The summed E-state index contributed by atoms with van der Waals surface area (Å²) >= 11 is 1.79. The number of hydrogen-bond donors (Lipinski definition) is 0. The molecule has 2 atom stereocenters. The minimum absolute atomic E-state index is 0.356. The average Bonchev–Trinajstić information content (AvgIpc) is 2.12. The largest absolute Gasteiger partial charge is 0.298 e. The Bertz CT molecular complexity index is 203. The molecule has 2 heteroatoms. The highest BCUT2D eigenvalue weighted by Gasteiger charge is 2.28. The van der Waals surface area contributed by atoms with Crippen molar-refractivity contribution in [3.8, 4) is 0 Å². The lowest BCUT2D eigenvalue weighted by molar-refractivity contribution is -0.122. The standard InChI is InChI=1S/C13H24OS/c1-9(2)15-8-13(14)12-6-10(3)5-11(4)7-12/h9-12H,5-8H2,1-4H3. The Morgan fingerprint density at radius 1 is 1.20 bits per heavy atom. The molecule has 0 heterocycles. The van der Waals surface area contributed by atoms with Crippen LogP contribution in [-0.2, 0) is 4.79 Å². The van der Waals surface area contributed by atoms with Crippen LogP contribution in [0, 0.1) is 17.8 Å². The predicted molar refractivity (Wildman–Crippen MR) is 68.3 cm³/mol. The van der Waals surface area contributed by atoms with Gasteiger partial charge in [-0.05, 0) is 36.3 Å². The first kappa shape index (κ1) is 13.1. The molecule has 0 bridgehead atoms. The van der Waals surface area contributed by atoms with Crippen LogP contribution in [0.3, 0.4) is 0 Å². The van der Waals surface area contributed by atoms with E-state index in [1.807, 2.05) is 0 Å². The van der Waals surface area contributed by atoms with Crippen molar-refractivity contribution in [1.29, 1.82) is 0 Å². The van der Waals surface area contributed by atoms with Gasteiger partial charge in [0.05, 0.1) is 5.75 Å². The third-order valence-electron chi connectivity index (χ3n) is 3.19. The van der Waals surface area contributed by atoms with Crippen LogP contribution in [0.2, 0.25) is 0 Å². The van der Waals surface area contributed by atoms with Crippen molar-refractivity contribution in [2.75, 3.05) is 5.75 Å². The summed E-state index contributed by atoms with van der Waals surface area (Å²) in [6, 6.07) is 0. The van der Waals surface area contributed by atoms with E-state index in [2.05, 4.69) is 27.7 Å². The van der Waals surface area contributed by atoms with Gasteiger partial charge in [-0.3, -0.25) is 4.79 Å². The summed E-state index contributed by atoms with van der Waals surface area (Å²) < 4.78 is 0. The topological polar surface area (TPSA) is 17.1 Å². The Hall–Kier alpha value is 0.0200. The third kappa shape index (κ3) is 4.58. The molecule has 0 N–H and O–H groups in total. The molecule has 0 aromatic carbocycles. The molecule has 1 aliphatic rings. The number of thioether (sulfide) groups is 1. The highest BCUT2D eigenvalue weighted by atomic mass is 32.2. The lowest BCUT2D eigenvalue weighted by atomic mass is 9.75. The number of hydrogen-bond acceptors (Lipinski definition) is 2. The van der Waals surface area contributed by atoms with E-state index in [9.17, 15) is 4.79 Å². The third-order valence-corrected chi connectivity index (χ3v) is 4.31. The van der Waals surface area contributed by atoms with E-state index < -0.39 is 0 Å². The smallest absolute Gasteiger partial charge is 0.145 e. The van der Waals surface area contributed by atoms with Crippen LogP contribution in [0.1, 0.15) is 47.0 Å². The van der Waals surface area contributed by atoms with Crippen molar-refractivity contribution in [2.24, 2.45) is 17.8 Å². The summed E-state index contributed by atoms with van der Waals surface area (Å²) in [5.74, 6) is 3.06. The second-order valence-electron chi connectivity index (χ2n) is 5.44. The first-order chi connectivity index (χ1) is 6.99. The van der Waals surface area contributed by atoms with Crippen molar-refractivity contribution in [3.63, 3.8) is 0 Å². The minimum Gasteiger partial charge on any atom is -0.298 e. The summed E-state index contributed by atoms with van der Waals surface area (Å²) in [4.78, 5) is 12.0. The van der Waals surface area contributed by atoms with E-state index in [-0.39, 0.29) is 0 Å². The number of carbonyl (C=O) groups excluding carboxylic acids is 1. The van der Waals surface area contributed by atoms with E-state index in [0.717, 1.165) is 30.4 Å². The van der Waals surface area contributed by atoms with Crippen LogP contribution in [-0.4, -0.2) is 16.8 Å². The molecule has 0 aromatic rings. The molecule has 0 amide bonds. The fourth-order valence-electron chi connectivity index (χ4n) is 2.58. The summed E-state index contributed by atoms with van der Waals surface area (Å²) in [6.07, 6.45) is 3.56. The van der Waals surface area contributed by atoms with Crippen LogP contribution in [0.25, 0.3) is 0 Å². The highest BCUT2D eigenvalue weighted by Crippen LogP contribution is 2.34. The molecule has 1 nitrogen and oxygen atoms in total. The molecule has 1 aliphatic carbocycles. The molecule has 0 aromatic heterocycles. The SMILES string of the molecule is CC1CC(C)CC(C(=O)CSC(C)C)C1. The normalized spacial score (nSPS) is 31.9. The molecule has 0 saturated heterocycles. The van der Waals surface area contributed by atoms with Crippen molar-refractivity contribution < 1.29 is 4.79 Å².